The first-order valence-corrected chi connectivity index (χ1v) is 8.61. The van der Waals surface area contributed by atoms with E-state index in [0.29, 0.717) is 18.7 Å². The highest BCUT2D eigenvalue weighted by atomic mass is 16.4. The second-order valence-electron chi connectivity index (χ2n) is 6.82. The Bertz CT molecular complexity index is 896. The third kappa shape index (κ3) is 4.17. The van der Waals surface area contributed by atoms with Crippen molar-refractivity contribution >= 4 is 16.9 Å². The normalized spacial score (nSPS) is 15.2. The fraction of sp³-hybridized carbons (Fsp3) is 0.400. The molecule has 0 saturated carbocycles. The summed E-state index contributed by atoms with van der Waals surface area (Å²) in [5.41, 5.74) is 4.73. The third-order valence-electron chi connectivity index (χ3n) is 4.52. The minimum Gasteiger partial charge on any atom is -0.422 e. The van der Waals surface area contributed by atoms with Crippen LogP contribution in [-0.2, 0) is 11.3 Å². The minimum absolute atomic E-state index is 0.0179. The first-order valence-electron chi connectivity index (χ1n) is 8.61. The quantitative estimate of drug-likeness (QED) is 0.687. The molecule has 0 radical (unpaired) electrons. The summed E-state index contributed by atoms with van der Waals surface area (Å²) in [6.45, 7) is 8.57. The highest BCUT2D eigenvalue weighted by Crippen LogP contribution is 2.24. The number of carbonyl (C=O) groups is 1. The summed E-state index contributed by atoms with van der Waals surface area (Å²) in [6, 6.07) is 5.72. The van der Waals surface area contributed by atoms with Gasteiger partial charge in [0.2, 0.25) is 5.91 Å². The Balaban J connectivity index is 1.85. The Morgan fingerprint density at radius 3 is 2.84 bits per heavy atom. The van der Waals surface area contributed by atoms with Gasteiger partial charge < -0.3 is 9.73 Å². The SMILES string of the molecule is CC(=O)NCC1=CCCN(Cc2cc(=O)oc3c(C)cc(C)cc23)C1. The predicted molar refractivity (Wildman–Crippen MR) is 98.6 cm³/mol. The topological polar surface area (TPSA) is 62.6 Å². The zero-order valence-electron chi connectivity index (χ0n) is 15.0. The number of hydrogen-bond donors (Lipinski definition) is 1. The number of aryl methyl sites for hydroxylation is 2. The summed E-state index contributed by atoms with van der Waals surface area (Å²) in [5.74, 6) is -0.0179. The lowest BCUT2D eigenvalue weighted by Crippen LogP contribution is -2.34. The molecule has 132 valence electrons. The number of nitrogens with zero attached hydrogens (tertiary/aromatic N) is 1. The van der Waals surface area contributed by atoms with Crippen LogP contribution in [0.15, 0.2) is 39.1 Å². The second kappa shape index (κ2) is 7.23. The van der Waals surface area contributed by atoms with Crippen molar-refractivity contribution in [3.05, 3.63) is 57.0 Å². The third-order valence-corrected chi connectivity index (χ3v) is 4.52. The number of hydrogen-bond acceptors (Lipinski definition) is 4. The number of rotatable bonds is 4. The Morgan fingerprint density at radius 1 is 1.28 bits per heavy atom. The monoisotopic (exact) mass is 340 g/mol. The molecule has 25 heavy (non-hydrogen) atoms. The molecule has 0 unspecified atom stereocenters. The lowest BCUT2D eigenvalue weighted by molar-refractivity contribution is -0.118. The zero-order chi connectivity index (χ0) is 18.0. The van der Waals surface area contributed by atoms with Crippen LogP contribution in [0.2, 0.25) is 0 Å². The Kier molecular flexibility index (Phi) is 5.04. The van der Waals surface area contributed by atoms with E-state index >= 15 is 0 Å². The Morgan fingerprint density at radius 2 is 2.08 bits per heavy atom. The van der Waals surface area contributed by atoms with Gasteiger partial charge in [-0.2, -0.15) is 0 Å². The van der Waals surface area contributed by atoms with E-state index in [1.807, 2.05) is 13.0 Å². The number of nitrogens with one attached hydrogen (secondary N) is 1. The summed E-state index contributed by atoms with van der Waals surface area (Å²) >= 11 is 0. The van der Waals surface area contributed by atoms with Crippen LogP contribution >= 0.6 is 0 Å². The van der Waals surface area contributed by atoms with Crippen LogP contribution in [0.1, 0.15) is 30.0 Å². The number of benzene rings is 1. The summed E-state index contributed by atoms with van der Waals surface area (Å²) in [6.07, 6.45) is 3.14. The zero-order valence-corrected chi connectivity index (χ0v) is 15.0. The lowest BCUT2D eigenvalue weighted by Gasteiger charge is -2.27. The maximum absolute atomic E-state index is 12.0. The van der Waals surface area contributed by atoms with E-state index in [9.17, 15) is 9.59 Å². The van der Waals surface area contributed by atoms with Crippen molar-refractivity contribution in [3.8, 4) is 0 Å². The van der Waals surface area contributed by atoms with E-state index in [-0.39, 0.29) is 11.5 Å². The van der Waals surface area contributed by atoms with Crippen molar-refractivity contribution in [1.29, 1.82) is 0 Å². The molecule has 1 aliphatic rings. The summed E-state index contributed by atoms with van der Waals surface area (Å²) < 4.78 is 5.43. The molecular weight excluding hydrogens is 316 g/mol. The van der Waals surface area contributed by atoms with Gasteiger partial charge in [0.05, 0.1) is 0 Å². The predicted octanol–water partition coefficient (Wildman–Crippen LogP) is 2.68. The fourth-order valence-corrected chi connectivity index (χ4v) is 3.43. The van der Waals surface area contributed by atoms with E-state index in [4.69, 9.17) is 4.42 Å². The van der Waals surface area contributed by atoms with Crippen molar-refractivity contribution in [2.24, 2.45) is 0 Å². The molecule has 1 amide bonds. The fourth-order valence-electron chi connectivity index (χ4n) is 3.43. The molecule has 0 bridgehead atoms. The maximum Gasteiger partial charge on any atom is 0.336 e. The van der Waals surface area contributed by atoms with E-state index in [1.165, 1.54) is 12.5 Å². The standard InChI is InChI=1S/C20H24N2O3/c1-13-7-14(2)20-18(8-13)17(9-19(24)25-20)12-22-6-4-5-16(11-22)10-21-15(3)23/h5,7-9H,4,6,10-12H2,1-3H3,(H,21,23). The lowest BCUT2D eigenvalue weighted by atomic mass is 10.0. The molecule has 0 atom stereocenters. The average Bonchev–Trinajstić information content (AvgIpc) is 2.54. The van der Waals surface area contributed by atoms with E-state index in [0.717, 1.165) is 41.6 Å². The van der Waals surface area contributed by atoms with Crippen molar-refractivity contribution in [1.82, 2.24) is 10.2 Å². The van der Waals surface area contributed by atoms with Crippen LogP contribution in [0.3, 0.4) is 0 Å². The molecule has 2 heterocycles. The smallest absolute Gasteiger partial charge is 0.336 e. The molecule has 2 aromatic rings. The highest BCUT2D eigenvalue weighted by molar-refractivity contribution is 5.83. The molecule has 1 aromatic carbocycles. The molecule has 1 aromatic heterocycles. The molecule has 0 spiro atoms. The van der Waals surface area contributed by atoms with Gasteiger partial charge in [0.15, 0.2) is 0 Å². The van der Waals surface area contributed by atoms with Crippen LogP contribution in [0, 0.1) is 13.8 Å². The number of carbonyl (C=O) groups excluding carboxylic acids is 1. The first kappa shape index (κ1) is 17.4. The molecule has 5 heteroatoms. The van der Waals surface area contributed by atoms with Gasteiger partial charge in [-0.25, -0.2) is 4.79 Å². The van der Waals surface area contributed by atoms with E-state index < -0.39 is 0 Å². The van der Waals surface area contributed by atoms with Gasteiger partial charge in [-0.05, 0) is 48.6 Å². The molecular formula is C20H24N2O3. The maximum atomic E-state index is 12.0. The van der Waals surface area contributed by atoms with Crippen LogP contribution in [0.5, 0.6) is 0 Å². The number of amides is 1. The largest absolute Gasteiger partial charge is 0.422 e. The van der Waals surface area contributed by atoms with Crippen molar-refractivity contribution in [3.63, 3.8) is 0 Å². The molecule has 0 saturated heterocycles. The van der Waals surface area contributed by atoms with Crippen LogP contribution < -0.4 is 10.9 Å². The van der Waals surface area contributed by atoms with Gasteiger partial charge in [0.1, 0.15) is 5.58 Å². The highest BCUT2D eigenvalue weighted by Gasteiger charge is 2.16. The molecule has 0 fully saturated rings. The van der Waals surface area contributed by atoms with Crippen LogP contribution in [0.25, 0.3) is 11.0 Å². The Hall–Kier alpha value is -2.40. The Labute approximate surface area is 147 Å². The summed E-state index contributed by atoms with van der Waals surface area (Å²) in [5, 5.41) is 3.86. The van der Waals surface area contributed by atoms with E-state index in [1.54, 1.807) is 6.07 Å². The van der Waals surface area contributed by atoms with Gasteiger partial charge in [-0.1, -0.05) is 12.1 Å². The van der Waals surface area contributed by atoms with Crippen molar-refractivity contribution < 1.29 is 9.21 Å². The molecule has 5 nitrogen and oxygen atoms in total. The average molecular weight is 340 g/mol. The van der Waals surface area contributed by atoms with Gasteiger partial charge >= 0.3 is 5.63 Å². The summed E-state index contributed by atoms with van der Waals surface area (Å²) in [4.78, 5) is 25.4. The van der Waals surface area contributed by atoms with Gasteiger partial charge in [0, 0.05) is 44.6 Å². The molecule has 0 aliphatic carbocycles. The number of fused-ring (bicyclic) bond motifs is 1. The van der Waals surface area contributed by atoms with Crippen LogP contribution in [-0.4, -0.2) is 30.4 Å². The first-order chi connectivity index (χ1) is 11.9. The molecule has 1 aliphatic heterocycles. The minimum atomic E-state index is -0.305. The van der Waals surface area contributed by atoms with Gasteiger partial charge in [-0.3, -0.25) is 9.69 Å². The second-order valence-corrected chi connectivity index (χ2v) is 6.82. The van der Waals surface area contributed by atoms with Gasteiger partial charge in [0.25, 0.3) is 0 Å². The summed E-state index contributed by atoms with van der Waals surface area (Å²) in [7, 11) is 0. The van der Waals surface area contributed by atoms with Crippen molar-refractivity contribution in [2.75, 3.05) is 19.6 Å². The van der Waals surface area contributed by atoms with Crippen LogP contribution in [0.4, 0.5) is 0 Å². The molecule has 1 N–H and O–H groups in total. The molecule has 3 rings (SSSR count). The van der Waals surface area contributed by atoms with Crippen molar-refractivity contribution in [2.45, 2.75) is 33.7 Å². The van der Waals surface area contributed by atoms with E-state index in [2.05, 4.69) is 29.3 Å². The van der Waals surface area contributed by atoms with Gasteiger partial charge in [-0.15, -0.1) is 0 Å².